The fraction of sp³-hybridized carbons (Fsp3) is 0.190. The van der Waals surface area contributed by atoms with E-state index >= 15 is 0 Å². The van der Waals surface area contributed by atoms with Crippen molar-refractivity contribution >= 4 is 68.1 Å². The van der Waals surface area contributed by atoms with Crippen LogP contribution in [0.4, 0.5) is 10.5 Å². The number of benzene rings is 2. The second-order valence-corrected chi connectivity index (χ2v) is 8.51. The number of carbonyl (C=O) groups excluding carboxylic acids is 3. The van der Waals surface area contributed by atoms with Crippen molar-refractivity contribution in [3.05, 3.63) is 56.4 Å². The first-order valence-corrected chi connectivity index (χ1v) is 11.1. The number of thioether (sulfide) groups is 1. The highest BCUT2D eigenvalue weighted by Crippen LogP contribution is 2.37. The number of imide groups is 1. The molecule has 2 aromatic rings. The molecule has 1 aliphatic heterocycles. The van der Waals surface area contributed by atoms with Gasteiger partial charge in [0.1, 0.15) is 6.54 Å². The van der Waals surface area contributed by atoms with Gasteiger partial charge >= 0.3 is 0 Å². The Hall–Kier alpha value is -2.49. The van der Waals surface area contributed by atoms with Crippen molar-refractivity contribution in [1.29, 1.82) is 0 Å². The Balaban J connectivity index is 1.76. The largest absolute Gasteiger partial charge is 0.493 e. The van der Waals surface area contributed by atoms with E-state index < -0.39 is 23.6 Å². The van der Waals surface area contributed by atoms with Crippen LogP contribution >= 0.6 is 39.3 Å². The highest BCUT2D eigenvalue weighted by Gasteiger charge is 2.36. The Morgan fingerprint density at radius 2 is 2.06 bits per heavy atom. The summed E-state index contributed by atoms with van der Waals surface area (Å²) in [6.07, 6.45) is 1.56. The number of ether oxygens (including phenoxy) is 2. The molecule has 0 atom stereocenters. The Morgan fingerprint density at radius 3 is 2.74 bits per heavy atom. The minimum Gasteiger partial charge on any atom is -0.493 e. The van der Waals surface area contributed by atoms with E-state index in [0.29, 0.717) is 38.9 Å². The Morgan fingerprint density at radius 1 is 1.29 bits per heavy atom. The van der Waals surface area contributed by atoms with Crippen molar-refractivity contribution in [2.75, 3.05) is 25.6 Å². The van der Waals surface area contributed by atoms with E-state index in [4.69, 9.17) is 21.1 Å². The third-order valence-corrected chi connectivity index (χ3v) is 6.32. The van der Waals surface area contributed by atoms with Gasteiger partial charge in [-0.3, -0.25) is 19.3 Å². The minimum absolute atomic E-state index is 0.193. The molecular formula is C21H18BrClN2O5S. The molecule has 0 bridgehead atoms. The summed E-state index contributed by atoms with van der Waals surface area (Å²) in [6, 6.07) is 10.2. The van der Waals surface area contributed by atoms with Crippen LogP contribution in [0.5, 0.6) is 11.5 Å². The lowest BCUT2D eigenvalue weighted by Crippen LogP contribution is -2.36. The third kappa shape index (κ3) is 5.41. The smallest absolute Gasteiger partial charge is 0.294 e. The number of amides is 3. The molecule has 0 aliphatic carbocycles. The summed E-state index contributed by atoms with van der Waals surface area (Å²) in [7, 11) is 1.52. The zero-order valence-corrected chi connectivity index (χ0v) is 19.8. The monoisotopic (exact) mass is 524 g/mol. The average Bonchev–Trinajstić information content (AvgIpc) is 2.99. The number of nitrogens with one attached hydrogen (secondary N) is 1. The van der Waals surface area contributed by atoms with E-state index in [9.17, 15) is 14.4 Å². The maximum atomic E-state index is 12.8. The molecule has 1 fully saturated rings. The van der Waals surface area contributed by atoms with Crippen LogP contribution in [0.2, 0.25) is 5.02 Å². The molecule has 10 heteroatoms. The first-order valence-electron chi connectivity index (χ1n) is 9.14. The van der Waals surface area contributed by atoms with E-state index in [0.717, 1.165) is 16.7 Å². The highest BCUT2D eigenvalue weighted by molar-refractivity contribution is 9.10. The summed E-state index contributed by atoms with van der Waals surface area (Å²) in [5, 5.41) is 2.53. The molecular weight excluding hydrogens is 508 g/mol. The van der Waals surface area contributed by atoms with Crippen molar-refractivity contribution in [2.24, 2.45) is 0 Å². The summed E-state index contributed by atoms with van der Waals surface area (Å²) >= 11 is 10.1. The zero-order valence-electron chi connectivity index (χ0n) is 16.6. The van der Waals surface area contributed by atoms with Gasteiger partial charge in [-0.15, -0.1) is 0 Å². The lowest BCUT2D eigenvalue weighted by atomic mass is 10.1. The van der Waals surface area contributed by atoms with Crippen LogP contribution in [0.15, 0.2) is 45.8 Å². The second kappa shape index (κ2) is 10.2. The maximum absolute atomic E-state index is 12.8. The van der Waals surface area contributed by atoms with Gasteiger partial charge < -0.3 is 14.8 Å². The molecule has 1 aliphatic rings. The molecule has 2 aromatic carbocycles. The van der Waals surface area contributed by atoms with Crippen LogP contribution in [0.25, 0.3) is 6.08 Å². The molecule has 3 amide bonds. The number of halogens is 2. The number of methoxy groups -OCH3 is 1. The standard InChI is InChI=1S/C21H18BrClN2O5S/c1-3-30-19-12(5-4-6-16(19)29-2)9-17-20(27)25(21(28)31-17)11-18(26)24-13-7-8-14(22)15(23)10-13/h4-10H,3,11H2,1-2H3,(H,24,26)/b17-9+. The van der Waals surface area contributed by atoms with E-state index in [2.05, 4.69) is 21.2 Å². The van der Waals surface area contributed by atoms with Crippen molar-refractivity contribution < 1.29 is 23.9 Å². The molecule has 0 unspecified atom stereocenters. The maximum Gasteiger partial charge on any atom is 0.294 e. The van der Waals surface area contributed by atoms with Gasteiger partial charge in [-0.05, 0) is 65.0 Å². The molecule has 162 valence electrons. The number of hydrogen-bond donors (Lipinski definition) is 1. The van der Waals surface area contributed by atoms with E-state index in [1.54, 1.807) is 42.5 Å². The number of carbonyl (C=O) groups is 3. The predicted octanol–water partition coefficient (Wildman–Crippen LogP) is 5.18. The highest BCUT2D eigenvalue weighted by atomic mass is 79.9. The van der Waals surface area contributed by atoms with Gasteiger partial charge in [0.15, 0.2) is 11.5 Å². The van der Waals surface area contributed by atoms with Gasteiger partial charge in [-0.2, -0.15) is 0 Å². The average molecular weight is 526 g/mol. The van der Waals surface area contributed by atoms with Gasteiger partial charge in [-0.25, -0.2) is 0 Å². The van der Waals surface area contributed by atoms with Crippen LogP contribution in [0.3, 0.4) is 0 Å². The summed E-state index contributed by atoms with van der Waals surface area (Å²) in [4.78, 5) is 38.6. The van der Waals surface area contributed by atoms with E-state index in [1.807, 2.05) is 6.92 Å². The molecule has 0 radical (unpaired) electrons. The van der Waals surface area contributed by atoms with Gasteiger partial charge in [0.25, 0.3) is 11.1 Å². The van der Waals surface area contributed by atoms with Crippen LogP contribution in [0.1, 0.15) is 12.5 Å². The lowest BCUT2D eigenvalue weighted by molar-refractivity contribution is -0.127. The SMILES string of the molecule is CCOc1c(/C=C2/SC(=O)N(CC(=O)Nc3ccc(Br)c(Cl)c3)C2=O)cccc1OC. The predicted molar refractivity (Wildman–Crippen MR) is 125 cm³/mol. The van der Waals surface area contributed by atoms with Crippen LogP contribution in [0, 0.1) is 0 Å². The number of anilines is 1. The van der Waals surface area contributed by atoms with E-state index in [-0.39, 0.29) is 4.91 Å². The molecule has 1 heterocycles. The van der Waals surface area contributed by atoms with Crippen LogP contribution in [-0.2, 0) is 9.59 Å². The first kappa shape index (κ1) is 23.2. The van der Waals surface area contributed by atoms with Crippen molar-refractivity contribution in [3.63, 3.8) is 0 Å². The first-order chi connectivity index (χ1) is 14.8. The summed E-state index contributed by atoms with van der Waals surface area (Å²) < 4.78 is 11.6. The number of nitrogens with zero attached hydrogens (tertiary/aromatic N) is 1. The summed E-state index contributed by atoms with van der Waals surface area (Å²) in [6.45, 7) is 1.83. The van der Waals surface area contributed by atoms with Crippen molar-refractivity contribution in [3.8, 4) is 11.5 Å². The Kier molecular flexibility index (Phi) is 7.64. The Labute approximate surface area is 196 Å². The number of rotatable bonds is 7. The van der Waals surface area contributed by atoms with Crippen LogP contribution < -0.4 is 14.8 Å². The zero-order chi connectivity index (χ0) is 22.5. The molecule has 3 rings (SSSR count). The molecule has 0 aromatic heterocycles. The Bertz CT molecular complexity index is 1080. The molecule has 0 saturated carbocycles. The molecule has 7 nitrogen and oxygen atoms in total. The van der Waals surface area contributed by atoms with Gasteiger partial charge in [-0.1, -0.05) is 23.7 Å². The fourth-order valence-corrected chi connectivity index (χ4v) is 4.06. The van der Waals surface area contributed by atoms with Crippen LogP contribution in [-0.4, -0.2) is 42.2 Å². The van der Waals surface area contributed by atoms with Crippen molar-refractivity contribution in [2.45, 2.75) is 6.92 Å². The normalized spacial score (nSPS) is 14.8. The minimum atomic E-state index is -0.552. The van der Waals surface area contributed by atoms with Gasteiger partial charge in [0.05, 0.1) is 23.6 Å². The third-order valence-electron chi connectivity index (χ3n) is 4.18. The summed E-state index contributed by atoms with van der Waals surface area (Å²) in [5.74, 6) is -0.0749. The fourth-order valence-electron chi connectivity index (χ4n) is 2.80. The molecule has 1 saturated heterocycles. The molecule has 31 heavy (non-hydrogen) atoms. The topological polar surface area (TPSA) is 84.9 Å². The molecule has 0 spiro atoms. The quantitative estimate of drug-likeness (QED) is 0.501. The second-order valence-electron chi connectivity index (χ2n) is 6.26. The lowest BCUT2D eigenvalue weighted by Gasteiger charge is -2.13. The number of para-hydroxylation sites is 1. The van der Waals surface area contributed by atoms with E-state index in [1.165, 1.54) is 7.11 Å². The molecule has 1 N–H and O–H groups in total. The summed E-state index contributed by atoms with van der Waals surface area (Å²) in [5.41, 5.74) is 1.05. The van der Waals surface area contributed by atoms with Gasteiger partial charge in [0, 0.05) is 15.7 Å². The van der Waals surface area contributed by atoms with Crippen molar-refractivity contribution in [1.82, 2.24) is 4.90 Å². The number of hydrogen-bond acceptors (Lipinski definition) is 6. The van der Waals surface area contributed by atoms with Gasteiger partial charge in [0.2, 0.25) is 5.91 Å².